The Morgan fingerprint density at radius 2 is 1.95 bits per heavy atom. The number of thiophene rings is 1. The molecule has 2 aromatic rings. The molecule has 0 atom stereocenters. The highest BCUT2D eigenvalue weighted by molar-refractivity contribution is 7.94. The van der Waals surface area contributed by atoms with E-state index in [9.17, 15) is 8.42 Å². The molecule has 6 heteroatoms. The number of anilines is 1. The predicted molar refractivity (Wildman–Crippen MR) is 77.0 cm³/mol. The van der Waals surface area contributed by atoms with Crippen molar-refractivity contribution in [1.82, 2.24) is 0 Å². The Morgan fingerprint density at radius 3 is 2.58 bits per heavy atom. The van der Waals surface area contributed by atoms with Crippen LogP contribution in [-0.4, -0.2) is 13.5 Å². The Bertz CT molecular complexity index is 690. The van der Waals surface area contributed by atoms with Crippen molar-refractivity contribution >= 4 is 27.0 Å². The van der Waals surface area contributed by atoms with Crippen LogP contribution in [0, 0.1) is 13.8 Å². The van der Waals surface area contributed by atoms with Crippen molar-refractivity contribution < 1.29 is 13.5 Å². The Kier molecular flexibility index (Phi) is 3.93. The third-order valence-electron chi connectivity index (χ3n) is 2.70. The molecule has 1 heterocycles. The number of rotatable bonds is 4. The first-order chi connectivity index (χ1) is 8.92. The maximum absolute atomic E-state index is 12.2. The smallest absolute Gasteiger partial charge is 0.271 e. The molecule has 0 saturated heterocycles. The van der Waals surface area contributed by atoms with Crippen molar-refractivity contribution in [3.63, 3.8) is 0 Å². The minimum absolute atomic E-state index is 0.149. The van der Waals surface area contributed by atoms with Gasteiger partial charge in [-0.15, -0.1) is 11.3 Å². The summed E-state index contributed by atoms with van der Waals surface area (Å²) in [4.78, 5) is 0.626. The number of nitrogens with one attached hydrogen (secondary N) is 1. The molecule has 0 fully saturated rings. The van der Waals surface area contributed by atoms with Crippen LogP contribution in [0.3, 0.4) is 0 Å². The largest absolute Gasteiger partial charge is 0.391 e. The minimum atomic E-state index is -3.58. The molecule has 2 N–H and O–H groups in total. The van der Waals surface area contributed by atoms with E-state index in [0.29, 0.717) is 10.6 Å². The fourth-order valence-corrected chi connectivity index (χ4v) is 3.97. The van der Waals surface area contributed by atoms with E-state index in [4.69, 9.17) is 5.11 Å². The summed E-state index contributed by atoms with van der Waals surface area (Å²) in [7, 11) is -3.58. The van der Waals surface area contributed by atoms with Gasteiger partial charge in [0.15, 0.2) is 0 Å². The molecule has 0 aliphatic carbocycles. The molecule has 0 aliphatic rings. The van der Waals surface area contributed by atoms with Crippen LogP contribution < -0.4 is 4.72 Å². The lowest BCUT2D eigenvalue weighted by Gasteiger charge is -2.10. The second kappa shape index (κ2) is 5.32. The van der Waals surface area contributed by atoms with Crippen molar-refractivity contribution in [2.75, 3.05) is 4.72 Å². The van der Waals surface area contributed by atoms with Crippen LogP contribution in [-0.2, 0) is 16.6 Å². The summed E-state index contributed by atoms with van der Waals surface area (Å²) in [6.45, 7) is 3.61. The molecule has 19 heavy (non-hydrogen) atoms. The fourth-order valence-electron chi connectivity index (χ4n) is 1.63. The Morgan fingerprint density at radius 1 is 1.21 bits per heavy atom. The van der Waals surface area contributed by atoms with Crippen molar-refractivity contribution in [2.24, 2.45) is 0 Å². The maximum Gasteiger partial charge on any atom is 0.271 e. The summed E-state index contributed by atoms with van der Waals surface area (Å²) in [6, 6.07) is 8.72. The highest BCUT2D eigenvalue weighted by Gasteiger charge is 2.17. The van der Waals surface area contributed by atoms with Gasteiger partial charge in [-0.3, -0.25) is 4.72 Å². The molecular formula is C13H15NO3S2. The van der Waals surface area contributed by atoms with Gasteiger partial charge in [-0.2, -0.15) is 0 Å². The van der Waals surface area contributed by atoms with E-state index in [0.717, 1.165) is 22.5 Å². The number of hydrogen-bond donors (Lipinski definition) is 2. The SMILES string of the molecule is Cc1ccc(C)c(NS(=O)(=O)c2ccc(CO)s2)c1. The zero-order chi connectivity index (χ0) is 14.0. The highest BCUT2D eigenvalue weighted by Crippen LogP contribution is 2.25. The van der Waals surface area contributed by atoms with E-state index in [1.54, 1.807) is 12.1 Å². The number of aliphatic hydroxyl groups is 1. The van der Waals surface area contributed by atoms with Gasteiger partial charge in [0, 0.05) is 4.88 Å². The maximum atomic E-state index is 12.2. The summed E-state index contributed by atoms with van der Waals surface area (Å²) in [5, 5.41) is 8.98. The Balaban J connectivity index is 2.33. The second-order valence-corrected chi connectivity index (χ2v) is 7.38. The first-order valence-corrected chi connectivity index (χ1v) is 8.02. The van der Waals surface area contributed by atoms with Crippen LogP contribution in [0.25, 0.3) is 0 Å². The Labute approximate surface area is 116 Å². The van der Waals surface area contributed by atoms with Crippen molar-refractivity contribution in [2.45, 2.75) is 24.7 Å². The molecule has 0 bridgehead atoms. The van der Waals surface area contributed by atoms with Crippen LogP contribution in [0.1, 0.15) is 16.0 Å². The van der Waals surface area contributed by atoms with Gasteiger partial charge in [-0.05, 0) is 43.2 Å². The zero-order valence-electron chi connectivity index (χ0n) is 10.7. The molecule has 0 unspecified atom stereocenters. The second-order valence-electron chi connectivity index (χ2n) is 4.30. The zero-order valence-corrected chi connectivity index (χ0v) is 12.3. The normalized spacial score (nSPS) is 11.5. The van der Waals surface area contributed by atoms with Crippen LogP contribution in [0.5, 0.6) is 0 Å². The number of aryl methyl sites for hydroxylation is 2. The molecule has 0 radical (unpaired) electrons. The van der Waals surface area contributed by atoms with E-state index in [2.05, 4.69) is 4.72 Å². The van der Waals surface area contributed by atoms with E-state index in [1.807, 2.05) is 26.0 Å². The lowest BCUT2D eigenvalue weighted by atomic mass is 10.1. The highest BCUT2D eigenvalue weighted by atomic mass is 32.2. The molecule has 1 aromatic heterocycles. The van der Waals surface area contributed by atoms with Crippen LogP contribution in [0.4, 0.5) is 5.69 Å². The average Bonchev–Trinajstić information content (AvgIpc) is 2.83. The molecule has 0 spiro atoms. The summed E-state index contributed by atoms with van der Waals surface area (Å²) < 4.78 is 27.2. The van der Waals surface area contributed by atoms with Crippen LogP contribution >= 0.6 is 11.3 Å². The van der Waals surface area contributed by atoms with Gasteiger partial charge in [-0.25, -0.2) is 8.42 Å². The molecule has 2 rings (SSSR count). The summed E-state index contributed by atoms with van der Waals surface area (Å²) in [6.07, 6.45) is 0. The lowest BCUT2D eigenvalue weighted by Crippen LogP contribution is -2.12. The van der Waals surface area contributed by atoms with Gasteiger partial charge in [0.2, 0.25) is 0 Å². The first-order valence-electron chi connectivity index (χ1n) is 5.72. The topological polar surface area (TPSA) is 66.4 Å². The monoisotopic (exact) mass is 297 g/mol. The van der Waals surface area contributed by atoms with Gasteiger partial charge >= 0.3 is 0 Å². The quantitative estimate of drug-likeness (QED) is 0.911. The molecule has 1 aromatic carbocycles. The molecule has 0 saturated carbocycles. The molecule has 102 valence electrons. The minimum Gasteiger partial charge on any atom is -0.391 e. The summed E-state index contributed by atoms with van der Waals surface area (Å²) >= 11 is 1.07. The number of aliphatic hydroxyl groups excluding tert-OH is 1. The van der Waals surface area contributed by atoms with Crippen LogP contribution in [0.15, 0.2) is 34.5 Å². The third kappa shape index (κ3) is 3.15. The summed E-state index contributed by atoms with van der Waals surface area (Å²) in [5.41, 5.74) is 2.44. The molecule has 0 aliphatic heterocycles. The van der Waals surface area contributed by atoms with E-state index >= 15 is 0 Å². The van der Waals surface area contributed by atoms with E-state index in [-0.39, 0.29) is 10.8 Å². The van der Waals surface area contributed by atoms with Crippen molar-refractivity contribution in [3.05, 3.63) is 46.3 Å². The van der Waals surface area contributed by atoms with E-state index < -0.39 is 10.0 Å². The average molecular weight is 297 g/mol. The number of hydrogen-bond acceptors (Lipinski definition) is 4. The van der Waals surface area contributed by atoms with Gasteiger partial charge in [0.05, 0.1) is 12.3 Å². The third-order valence-corrected chi connectivity index (χ3v) is 5.62. The lowest BCUT2D eigenvalue weighted by molar-refractivity contribution is 0.285. The van der Waals surface area contributed by atoms with Gasteiger partial charge in [0.25, 0.3) is 10.0 Å². The number of benzene rings is 1. The van der Waals surface area contributed by atoms with Gasteiger partial charge in [0.1, 0.15) is 4.21 Å². The first kappa shape index (κ1) is 14.0. The molecule has 4 nitrogen and oxygen atoms in total. The van der Waals surface area contributed by atoms with E-state index in [1.165, 1.54) is 6.07 Å². The molecular weight excluding hydrogens is 282 g/mol. The summed E-state index contributed by atoms with van der Waals surface area (Å²) in [5.74, 6) is 0. The van der Waals surface area contributed by atoms with Crippen LogP contribution in [0.2, 0.25) is 0 Å². The van der Waals surface area contributed by atoms with Gasteiger partial charge < -0.3 is 5.11 Å². The standard InChI is InChI=1S/C13H15NO3S2/c1-9-3-4-10(2)12(7-9)14-19(16,17)13-6-5-11(8-15)18-13/h3-7,14-15H,8H2,1-2H3. The van der Waals surface area contributed by atoms with Crippen molar-refractivity contribution in [3.8, 4) is 0 Å². The predicted octanol–water partition coefficient (Wildman–Crippen LogP) is 2.66. The molecule has 0 amide bonds. The fraction of sp³-hybridized carbons (Fsp3) is 0.231. The number of sulfonamides is 1. The van der Waals surface area contributed by atoms with Gasteiger partial charge in [-0.1, -0.05) is 12.1 Å². The van der Waals surface area contributed by atoms with Crippen molar-refractivity contribution in [1.29, 1.82) is 0 Å². The Hall–Kier alpha value is -1.37.